The zero-order valence-corrected chi connectivity index (χ0v) is 10.5. The van der Waals surface area contributed by atoms with Gasteiger partial charge in [0.15, 0.2) is 0 Å². The van der Waals surface area contributed by atoms with Gasteiger partial charge >= 0.3 is 0 Å². The normalized spacial score (nSPS) is 10.1. The predicted molar refractivity (Wildman–Crippen MR) is 68.6 cm³/mol. The Kier molecular flexibility index (Phi) is 3.84. The van der Waals surface area contributed by atoms with Crippen molar-refractivity contribution in [2.75, 3.05) is 11.4 Å². The zero-order valence-electron chi connectivity index (χ0n) is 9.75. The molecule has 92 valence electrons. The van der Waals surface area contributed by atoms with E-state index in [1.165, 1.54) is 12.4 Å². The predicted octanol–water partition coefficient (Wildman–Crippen LogP) is 2.19. The number of aromatic nitrogens is 3. The van der Waals surface area contributed by atoms with E-state index in [1.54, 1.807) is 29.4 Å². The van der Waals surface area contributed by atoms with Gasteiger partial charge in [-0.3, -0.25) is 14.8 Å². The minimum atomic E-state index is -0.237. The number of halogens is 1. The summed E-state index contributed by atoms with van der Waals surface area (Å²) in [7, 11) is 0. The van der Waals surface area contributed by atoms with Gasteiger partial charge in [0.05, 0.1) is 12.4 Å². The summed E-state index contributed by atoms with van der Waals surface area (Å²) in [5.74, 6) is -0.237. The Labute approximate surface area is 109 Å². The summed E-state index contributed by atoms with van der Waals surface area (Å²) in [5.41, 5.74) is 0.987. The Bertz CT molecular complexity index is 547. The summed E-state index contributed by atoms with van der Waals surface area (Å²) in [5, 5.41) is 0.201. The molecule has 0 aliphatic carbocycles. The van der Waals surface area contributed by atoms with E-state index in [-0.39, 0.29) is 16.8 Å². The van der Waals surface area contributed by atoms with Gasteiger partial charge in [0.1, 0.15) is 10.8 Å². The smallest absolute Gasteiger partial charge is 0.278 e. The molecule has 0 radical (unpaired) electrons. The average Bonchev–Trinajstić information content (AvgIpc) is 2.41. The van der Waals surface area contributed by atoms with E-state index in [2.05, 4.69) is 15.0 Å². The summed E-state index contributed by atoms with van der Waals surface area (Å²) in [6.07, 6.45) is 6.06. The van der Waals surface area contributed by atoms with Gasteiger partial charge in [-0.2, -0.15) is 0 Å². The van der Waals surface area contributed by atoms with Crippen molar-refractivity contribution in [1.82, 2.24) is 15.0 Å². The van der Waals surface area contributed by atoms with Gasteiger partial charge in [-0.25, -0.2) is 4.98 Å². The highest BCUT2D eigenvalue weighted by atomic mass is 35.5. The molecule has 0 N–H and O–H groups in total. The van der Waals surface area contributed by atoms with Crippen molar-refractivity contribution in [3.05, 3.63) is 47.8 Å². The molecular formula is C12H11ClN4O. The lowest BCUT2D eigenvalue weighted by atomic mass is 10.3. The number of hydrogen-bond donors (Lipinski definition) is 0. The van der Waals surface area contributed by atoms with Crippen LogP contribution in [-0.4, -0.2) is 27.4 Å². The fourth-order valence-corrected chi connectivity index (χ4v) is 1.70. The van der Waals surface area contributed by atoms with Crippen molar-refractivity contribution in [1.29, 1.82) is 0 Å². The van der Waals surface area contributed by atoms with Crippen LogP contribution in [0.25, 0.3) is 0 Å². The van der Waals surface area contributed by atoms with Crippen LogP contribution in [0.5, 0.6) is 0 Å². The maximum absolute atomic E-state index is 12.3. The Morgan fingerprint density at radius 1 is 1.28 bits per heavy atom. The highest BCUT2D eigenvalue weighted by molar-refractivity contribution is 6.29. The summed E-state index contributed by atoms with van der Waals surface area (Å²) in [6, 6.07) is 3.53. The Hall–Kier alpha value is -2.01. The van der Waals surface area contributed by atoms with E-state index in [0.29, 0.717) is 6.54 Å². The molecule has 0 saturated carbocycles. The number of anilines is 1. The standard InChI is InChI=1S/C12H11ClN4O/c1-2-17(9-3-5-14-6-4-9)12(18)10-7-15-8-11(13)16-10/h3-8H,2H2,1H3. The second kappa shape index (κ2) is 5.55. The van der Waals surface area contributed by atoms with Gasteiger partial charge in [0.2, 0.25) is 0 Å². The molecule has 0 aliphatic rings. The molecule has 0 aromatic carbocycles. The first kappa shape index (κ1) is 12.4. The number of hydrogen-bond acceptors (Lipinski definition) is 4. The topological polar surface area (TPSA) is 59.0 Å². The van der Waals surface area contributed by atoms with Gasteiger partial charge in [-0.1, -0.05) is 11.6 Å². The van der Waals surface area contributed by atoms with Gasteiger partial charge in [0.25, 0.3) is 5.91 Å². The summed E-state index contributed by atoms with van der Waals surface area (Å²) < 4.78 is 0. The summed E-state index contributed by atoms with van der Waals surface area (Å²) in [6.45, 7) is 2.41. The molecule has 1 amide bonds. The number of carbonyl (C=O) groups excluding carboxylic acids is 1. The third kappa shape index (κ3) is 2.62. The van der Waals surface area contributed by atoms with Crippen molar-refractivity contribution in [3.63, 3.8) is 0 Å². The largest absolute Gasteiger partial charge is 0.307 e. The third-order valence-corrected chi connectivity index (χ3v) is 2.54. The average molecular weight is 263 g/mol. The van der Waals surface area contributed by atoms with Crippen molar-refractivity contribution < 1.29 is 4.79 Å². The number of rotatable bonds is 3. The van der Waals surface area contributed by atoms with Crippen LogP contribution in [0.2, 0.25) is 5.15 Å². The van der Waals surface area contributed by atoms with Crippen molar-refractivity contribution in [2.45, 2.75) is 6.92 Å². The molecule has 2 rings (SSSR count). The Morgan fingerprint density at radius 3 is 2.61 bits per heavy atom. The van der Waals surface area contributed by atoms with Crippen LogP contribution in [0.3, 0.4) is 0 Å². The summed E-state index contributed by atoms with van der Waals surface area (Å²) >= 11 is 5.73. The fraction of sp³-hybridized carbons (Fsp3) is 0.167. The van der Waals surface area contributed by atoms with Crippen LogP contribution in [0.1, 0.15) is 17.4 Å². The molecule has 0 spiro atoms. The van der Waals surface area contributed by atoms with E-state index < -0.39 is 0 Å². The quantitative estimate of drug-likeness (QED) is 0.851. The van der Waals surface area contributed by atoms with Crippen molar-refractivity contribution in [3.8, 4) is 0 Å². The maximum atomic E-state index is 12.3. The molecule has 2 heterocycles. The van der Waals surface area contributed by atoms with Gasteiger partial charge in [-0.15, -0.1) is 0 Å². The number of pyridine rings is 1. The molecule has 6 heteroatoms. The fourth-order valence-electron chi connectivity index (χ4n) is 1.55. The molecule has 18 heavy (non-hydrogen) atoms. The maximum Gasteiger partial charge on any atom is 0.278 e. The lowest BCUT2D eigenvalue weighted by Gasteiger charge is -2.20. The number of nitrogens with zero attached hydrogens (tertiary/aromatic N) is 4. The Balaban J connectivity index is 2.32. The molecule has 2 aromatic heterocycles. The van der Waals surface area contributed by atoms with Crippen LogP contribution < -0.4 is 4.90 Å². The molecule has 0 fully saturated rings. The van der Waals surface area contributed by atoms with Crippen LogP contribution in [-0.2, 0) is 0 Å². The first-order valence-electron chi connectivity index (χ1n) is 5.42. The van der Waals surface area contributed by atoms with Crippen LogP contribution in [0.4, 0.5) is 5.69 Å². The van der Waals surface area contributed by atoms with E-state index in [9.17, 15) is 4.79 Å². The SMILES string of the molecule is CCN(C(=O)c1cncc(Cl)n1)c1ccncc1. The minimum absolute atomic E-state index is 0.201. The second-order valence-corrected chi connectivity index (χ2v) is 3.87. The van der Waals surface area contributed by atoms with Crippen LogP contribution in [0, 0.1) is 0 Å². The third-order valence-electron chi connectivity index (χ3n) is 2.36. The molecule has 0 saturated heterocycles. The van der Waals surface area contributed by atoms with E-state index in [1.807, 2.05) is 6.92 Å². The minimum Gasteiger partial charge on any atom is -0.307 e. The molecular weight excluding hydrogens is 252 g/mol. The highest BCUT2D eigenvalue weighted by Crippen LogP contribution is 2.15. The molecule has 2 aromatic rings. The molecule has 0 aliphatic heterocycles. The van der Waals surface area contributed by atoms with Crippen molar-refractivity contribution >= 4 is 23.2 Å². The van der Waals surface area contributed by atoms with Gasteiger partial charge in [-0.05, 0) is 19.1 Å². The second-order valence-electron chi connectivity index (χ2n) is 3.48. The monoisotopic (exact) mass is 262 g/mol. The molecule has 0 unspecified atom stereocenters. The lowest BCUT2D eigenvalue weighted by Crippen LogP contribution is -2.31. The van der Waals surface area contributed by atoms with Crippen molar-refractivity contribution in [2.24, 2.45) is 0 Å². The number of carbonyl (C=O) groups is 1. The van der Waals surface area contributed by atoms with Gasteiger partial charge in [0, 0.05) is 24.6 Å². The Morgan fingerprint density at radius 2 is 2.00 bits per heavy atom. The summed E-state index contributed by atoms with van der Waals surface area (Å²) in [4.78, 5) is 25.6. The van der Waals surface area contributed by atoms with E-state index >= 15 is 0 Å². The molecule has 0 bridgehead atoms. The first-order chi connectivity index (χ1) is 8.72. The highest BCUT2D eigenvalue weighted by Gasteiger charge is 2.17. The first-order valence-corrected chi connectivity index (χ1v) is 5.79. The van der Waals surface area contributed by atoms with Gasteiger partial charge < -0.3 is 4.90 Å². The van der Waals surface area contributed by atoms with E-state index in [4.69, 9.17) is 11.6 Å². The van der Waals surface area contributed by atoms with Crippen LogP contribution >= 0.6 is 11.6 Å². The van der Waals surface area contributed by atoms with E-state index in [0.717, 1.165) is 5.69 Å². The number of amides is 1. The zero-order chi connectivity index (χ0) is 13.0. The van der Waals surface area contributed by atoms with Crippen LogP contribution in [0.15, 0.2) is 36.9 Å². The lowest BCUT2D eigenvalue weighted by molar-refractivity contribution is 0.0983. The molecule has 0 atom stereocenters. The molecule has 5 nitrogen and oxygen atoms in total.